The highest BCUT2D eigenvalue weighted by molar-refractivity contribution is 5.57. The van der Waals surface area contributed by atoms with Gasteiger partial charge in [-0.15, -0.1) is 0 Å². The Hall–Kier alpha value is -2.34. The maximum absolute atomic E-state index is 12.8. The molecule has 0 bridgehead atoms. The minimum absolute atomic E-state index is 0.101. The highest BCUT2D eigenvalue weighted by atomic mass is 19.3. The van der Waals surface area contributed by atoms with Crippen LogP contribution in [-0.4, -0.2) is 38.4 Å². The molecule has 1 saturated carbocycles. The normalized spacial score (nSPS) is 20.1. The van der Waals surface area contributed by atoms with Gasteiger partial charge in [0.1, 0.15) is 0 Å². The van der Waals surface area contributed by atoms with E-state index >= 15 is 0 Å². The third-order valence-electron chi connectivity index (χ3n) is 5.43. The third-order valence-corrected chi connectivity index (χ3v) is 5.43. The summed E-state index contributed by atoms with van der Waals surface area (Å²) in [5.41, 5.74) is 2.28. The second-order valence-electron chi connectivity index (χ2n) is 7.47. The lowest BCUT2D eigenvalue weighted by atomic mass is 9.96. The van der Waals surface area contributed by atoms with Crippen LogP contribution in [0.15, 0.2) is 48.5 Å². The minimum Gasteiger partial charge on any atom is -0.486 e. The highest BCUT2D eigenvalue weighted by Crippen LogP contribution is 2.36. The molecule has 1 aliphatic heterocycles. The van der Waals surface area contributed by atoms with Gasteiger partial charge in [-0.05, 0) is 43.4 Å². The van der Waals surface area contributed by atoms with Gasteiger partial charge in [-0.1, -0.05) is 30.3 Å². The van der Waals surface area contributed by atoms with E-state index in [-0.39, 0.29) is 11.9 Å². The van der Waals surface area contributed by atoms with Crippen LogP contribution in [-0.2, 0) is 6.42 Å². The van der Waals surface area contributed by atoms with Crippen molar-refractivity contribution in [2.24, 2.45) is 0 Å². The van der Waals surface area contributed by atoms with E-state index in [1.165, 1.54) is 5.56 Å². The zero-order valence-electron chi connectivity index (χ0n) is 15.8. The Kier molecular flexibility index (Phi) is 5.95. The van der Waals surface area contributed by atoms with Crippen molar-refractivity contribution >= 4 is 5.69 Å². The number of hydrogen-bond acceptors (Lipinski definition) is 4. The van der Waals surface area contributed by atoms with Gasteiger partial charge in [0, 0.05) is 37.4 Å². The van der Waals surface area contributed by atoms with Crippen LogP contribution in [0.2, 0.25) is 0 Å². The summed E-state index contributed by atoms with van der Waals surface area (Å²) in [6.45, 7) is -0.259. The van der Waals surface area contributed by atoms with E-state index in [1.54, 1.807) is 6.07 Å². The van der Waals surface area contributed by atoms with Crippen molar-refractivity contribution in [1.82, 2.24) is 5.32 Å². The van der Waals surface area contributed by atoms with Crippen molar-refractivity contribution in [2.45, 2.75) is 44.4 Å². The molecular formula is C22H26F2N2O2. The fraction of sp³-hybridized carbons (Fsp3) is 0.455. The summed E-state index contributed by atoms with van der Waals surface area (Å²) in [7, 11) is 0. The molecule has 150 valence electrons. The van der Waals surface area contributed by atoms with Gasteiger partial charge in [0.15, 0.2) is 11.5 Å². The van der Waals surface area contributed by atoms with Crippen LogP contribution in [0.4, 0.5) is 14.5 Å². The molecule has 1 N–H and O–H groups in total. The molecule has 1 aliphatic carbocycles. The average Bonchev–Trinajstić information content (AvgIpc) is 2.66. The summed E-state index contributed by atoms with van der Waals surface area (Å²) in [5, 5.41) is 3.57. The van der Waals surface area contributed by atoms with Crippen LogP contribution in [0.25, 0.3) is 0 Å². The number of anilines is 1. The summed E-state index contributed by atoms with van der Waals surface area (Å²) in [4.78, 5) is 2.28. The zero-order valence-corrected chi connectivity index (χ0v) is 15.8. The van der Waals surface area contributed by atoms with Gasteiger partial charge in [0.05, 0.1) is 6.10 Å². The van der Waals surface area contributed by atoms with Gasteiger partial charge < -0.3 is 19.7 Å². The van der Waals surface area contributed by atoms with Gasteiger partial charge in [-0.2, -0.15) is 8.78 Å². The van der Waals surface area contributed by atoms with Crippen LogP contribution >= 0.6 is 0 Å². The van der Waals surface area contributed by atoms with Crippen molar-refractivity contribution in [3.63, 3.8) is 0 Å². The Balaban J connectivity index is 1.48. The number of alkyl halides is 2. The zero-order chi connectivity index (χ0) is 19.3. The van der Waals surface area contributed by atoms with Crippen molar-refractivity contribution < 1.29 is 18.3 Å². The van der Waals surface area contributed by atoms with Crippen LogP contribution < -0.4 is 19.7 Å². The standard InChI is InChI=1S/C22H26F2N2O2/c23-22(24)28-20-10-9-18(14-21(20)27-19-7-4-8-19)26-12-11-25-17(15-26)13-16-5-2-1-3-6-16/h1-3,5-6,9-10,14,17,19,22,25H,4,7-8,11-13,15H2. The SMILES string of the molecule is FC(F)Oc1ccc(N2CCNC(Cc3ccccc3)C2)cc1OC1CCC1. The average molecular weight is 388 g/mol. The molecule has 0 amide bonds. The number of rotatable bonds is 7. The Morgan fingerprint density at radius 1 is 1.07 bits per heavy atom. The van der Waals surface area contributed by atoms with Crippen molar-refractivity contribution in [3.05, 3.63) is 54.1 Å². The minimum atomic E-state index is -2.86. The molecular weight excluding hydrogens is 362 g/mol. The summed E-state index contributed by atoms with van der Waals surface area (Å²) >= 11 is 0. The molecule has 4 rings (SSSR count). The van der Waals surface area contributed by atoms with Crippen molar-refractivity contribution in [2.75, 3.05) is 24.5 Å². The molecule has 2 aromatic rings. The molecule has 4 nitrogen and oxygen atoms in total. The Morgan fingerprint density at radius 3 is 2.61 bits per heavy atom. The lowest BCUT2D eigenvalue weighted by molar-refractivity contribution is -0.0526. The van der Waals surface area contributed by atoms with Crippen molar-refractivity contribution in [3.8, 4) is 11.5 Å². The molecule has 28 heavy (non-hydrogen) atoms. The van der Waals surface area contributed by atoms with Gasteiger partial charge in [-0.25, -0.2) is 0 Å². The molecule has 0 radical (unpaired) electrons. The number of ether oxygens (including phenoxy) is 2. The van der Waals surface area contributed by atoms with Gasteiger partial charge in [0.25, 0.3) is 0 Å². The monoisotopic (exact) mass is 388 g/mol. The second-order valence-corrected chi connectivity index (χ2v) is 7.47. The number of piperazine rings is 1. The smallest absolute Gasteiger partial charge is 0.387 e. The summed E-state index contributed by atoms with van der Waals surface area (Å²) in [6.07, 6.45) is 4.10. The van der Waals surface area contributed by atoms with E-state index in [0.717, 1.165) is 51.0 Å². The lowest BCUT2D eigenvalue weighted by Gasteiger charge is -2.36. The molecule has 1 atom stereocenters. The Labute approximate surface area is 164 Å². The first-order valence-electron chi connectivity index (χ1n) is 9.95. The van der Waals surface area contributed by atoms with Gasteiger partial charge >= 0.3 is 6.61 Å². The largest absolute Gasteiger partial charge is 0.486 e. The van der Waals surface area contributed by atoms with Gasteiger partial charge in [-0.3, -0.25) is 0 Å². The van der Waals surface area contributed by atoms with Crippen molar-refractivity contribution in [1.29, 1.82) is 0 Å². The maximum atomic E-state index is 12.8. The molecule has 2 fully saturated rings. The highest BCUT2D eigenvalue weighted by Gasteiger charge is 2.24. The van der Waals surface area contributed by atoms with Crippen LogP contribution in [0.5, 0.6) is 11.5 Å². The lowest BCUT2D eigenvalue weighted by Crippen LogP contribution is -2.51. The van der Waals surface area contributed by atoms with Crippen LogP contribution in [0.1, 0.15) is 24.8 Å². The third kappa shape index (κ3) is 4.73. The van der Waals surface area contributed by atoms with E-state index in [1.807, 2.05) is 18.2 Å². The predicted octanol–water partition coefficient (Wildman–Crippen LogP) is 4.24. The molecule has 0 spiro atoms. The number of halogens is 2. The van der Waals surface area contributed by atoms with Crippen LogP contribution in [0, 0.1) is 0 Å². The predicted molar refractivity (Wildman–Crippen MR) is 105 cm³/mol. The number of hydrogen-bond donors (Lipinski definition) is 1. The summed E-state index contributed by atoms with van der Waals surface area (Å²) in [6, 6.07) is 16.0. The quantitative estimate of drug-likeness (QED) is 0.769. The summed E-state index contributed by atoms with van der Waals surface area (Å²) in [5.74, 6) is 0.530. The van der Waals surface area contributed by atoms with E-state index in [2.05, 4.69) is 39.2 Å². The molecule has 1 unspecified atom stereocenters. The van der Waals surface area contributed by atoms with E-state index < -0.39 is 6.61 Å². The van der Waals surface area contributed by atoms with Gasteiger partial charge in [0.2, 0.25) is 0 Å². The van der Waals surface area contributed by atoms with Crippen LogP contribution in [0.3, 0.4) is 0 Å². The Morgan fingerprint density at radius 2 is 1.89 bits per heavy atom. The fourth-order valence-electron chi connectivity index (χ4n) is 3.74. The number of benzene rings is 2. The molecule has 0 aromatic heterocycles. The number of nitrogens with one attached hydrogen (secondary N) is 1. The van der Waals surface area contributed by atoms with E-state index in [0.29, 0.717) is 11.8 Å². The maximum Gasteiger partial charge on any atom is 0.387 e. The number of nitrogens with zero attached hydrogens (tertiary/aromatic N) is 1. The first-order valence-corrected chi connectivity index (χ1v) is 9.95. The molecule has 2 aromatic carbocycles. The Bertz CT molecular complexity index is 768. The second kappa shape index (κ2) is 8.78. The molecule has 2 aliphatic rings. The topological polar surface area (TPSA) is 33.7 Å². The molecule has 1 saturated heterocycles. The first kappa shape index (κ1) is 19.0. The van der Waals surface area contributed by atoms with E-state index in [9.17, 15) is 8.78 Å². The molecule has 1 heterocycles. The fourth-order valence-corrected chi connectivity index (χ4v) is 3.74. The first-order chi connectivity index (χ1) is 13.7. The summed E-state index contributed by atoms with van der Waals surface area (Å²) < 4.78 is 36.1. The van der Waals surface area contributed by atoms with E-state index in [4.69, 9.17) is 4.74 Å². The molecule has 6 heteroatoms.